The van der Waals surface area contributed by atoms with Crippen LogP contribution in [0.15, 0.2) is 65.8 Å². The van der Waals surface area contributed by atoms with Crippen molar-refractivity contribution in [2.45, 2.75) is 76.8 Å². The second-order valence-corrected chi connectivity index (χ2v) is 16.2. The van der Waals surface area contributed by atoms with Crippen molar-refractivity contribution >= 4 is 23.6 Å². The number of hydrogen-bond donors (Lipinski definition) is 1. The average Bonchev–Trinajstić information content (AvgIpc) is 3.18. The highest BCUT2D eigenvalue weighted by molar-refractivity contribution is 6.10. The SMILES string of the molecule is COc1cc2c(cc1C)OC[C@H]1Oc3c(ccc4c3C=CC(C)(C)O4)/C(=N\O)[C@@H]21.COc1cc2c(cc1C)OC[C@H]1Oc3c(ccc4c3C=CC(C)(C)O4)C(=O)[C@@H]21. The number of Topliss-reactive ketones (excluding diaryl/α,β-unsaturated/α-hetero) is 1. The van der Waals surface area contributed by atoms with Crippen molar-refractivity contribution in [3.8, 4) is 46.0 Å². The van der Waals surface area contributed by atoms with Crippen LogP contribution in [0.2, 0.25) is 0 Å². The zero-order valence-electron chi connectivity index (χ0n) is 33.2. The van der Waals surface area contributed by atoms with E-state index in [1.165, 1.54) is 0 Å². The normalized spacial score (nSPS) is 23.7. The lowest BCUT2D eigenvalue weighted by Gasteiger charge is -2.40. The molecule has 6 aliphatic heterocycles. The van der Waals surface area contributed by atoms with Crippen molar-refractivity contribution in [3.63, 3.8) is 0 Å². The summed E-state index contributed by atoms with van der Waals surface area (Å²) in [6.07, 6.45) is 7.28. The van der Waals surface area contributed by atoms with Crippen LogP contribution in [-0.2, 0) is 0 Å². The van der Waals surface area contributed by atoms with Crippen LogP contribution in [0.4, 0.5) is 0 Å². The van der Waals surface area contributed by atoms with Gasteiger partial charge in [-0.15, -0.1) is 0 Å². The first-order valence-corrected chi connectivity index (χ1v) is 19.1. The predicted octanol–water partition coefficient (Wildman–Crippen LogP) is 8.61. The summed E-state index contributed by atoms with van der Waals surface area (Å²) in [4.78, 5) is 13.5. The molecule has 6 heterocycles. The first kappa shape index (κ1) is 36.5. The third-order valence-electron chi connectivity index (χ3n) is 11.4. The molecule has 4 aromatic rings. The van der Waals surface area contributed by atoms with E-state index in [0.717, 1.165) is 73.4 Å². The third-order valence-corrected chi connectivity index (χ3v) is 11.4. The molecule has 57 heavy (non-hydrogen) atoms. The highest BCUT2D eigenvalue weighted by Crippen LogP contribution is 2.51. The van der Waals surface area contributed by atoms with Crippen LogP contribution in [0.25, 0.3) is 12.2 Å². The Labute approximate surface area is 331 Å². The maximum atomic E-state index is 13.5. The summed E-state index contributed by atoms with van der Waals surface area (Å²) in [5, 5.41) is 13.7. The lowest BCUT2D eigenvalue weighted by molar-refractivity contribution is 0.0553. The Balaban J connectivity index is 0.000000148. The molecule has 11 heteroatoms. The molecular weight excluding hydrogens is 727 g/mol. The lowest BCUT2D eigenvalue weighted by Crippen LogP contribution is -2.43. The summed E-state index contributed by atoms with van der Waals surface area (Å²) in [7, 11) is 3.27. The summed E-state index contributed by atoms with van der Waals surface area (Å²) in [5.41, 5.74) is 6.49. The minimum Gasteiger partial charge on any atom is -0.496 e. The maximum absolute atomic E-state index is 13.5. The predicted molar refractivity (Wildman–Crippen MR) is 214 cm³/mol. The summed E-state index contributed by atoms with van der Waals surface area (Å²) in [6.45, 7) is 12.6. The van der Waals surface area contributed by atoms with Gasteiger partial charge in [-0.3, -0.25) is 4.79 Å². The molecule has 6 aliphatic rings. The van der Waals surface area contributed by atoms with Gasteiger partial charge in [-0.2, -0.15) is 0 Å². The van der Waals surface area contributed by atoms with Crippen LogP contribution < -0.4 is 37.9 Å². The number of rotatable bonds is 2. The van der Waals surface area contributed by atoms with Crippen molar-refractivity contribution < 1.29 is 47.9 Å². The van der Waals surface area contributed by atoms with Gasteiger partial charge in [0.05, 0.1) is 42.7 Å². The molecule has 1 N–H and O–H groups in total. The molecule has 0 saturated heterocycles. The van der Waals surface area contributed by atoms with Crippen LogP contribution in [0.5, 0.6) is 46.0 Å². The molecule has 10 rings (SSSR count). The van der Waals surface area contributed by atoms with Crippen LogP contribution in [0.3, 0.4) is 0 Å². The molecule has 4 atom stereocenters. The zero-order valence-corrected chi connectivity index (χ0v) is 33.2. The number of ether oxygens (including phenoxy) is 8. The molecule has 0 radical (unpaired) electrons. The quantitative estimate of drug-likeness (QED) is 0.157. The van der Waals surface area contributed by atoms with Gasteiger partial charge in [0.25, 0.3) is 0 Å². The number of nitrogens with zero attached hydrogens (tertiary/aromatic N) is 1. The zero-order chi connectivity index (χ0) is 40.0. The summed E-state index contributed by atoms with van der Waals surface area (Å²) < 4.78 is 47.7. The number of benzene rings is 4. The number of carbonyl (C=O) groups excluding carboxylic acids is 1. The molecule has 0 aromatic heterocycles. The monoisotopic (exact) mass is 771 g/mol. The summed E-state index contributed by atoms with van der Waals surface area (Å²) >= 11 is 0. The van der Waals surface area contributed by atoms with Gasteiger partial charge in [0.2, 0.25) is 0 Å². The van der Waals surface area contributed by atoms with E-state index >= 15 is 0 Å². The van der Waals surface area contributed by atoms with Gasteiger partial charge in [-0.1, -0.05) is 5.16 Å². The number of methoxy groups -OCH3 is 2. The smallest absolute Gasteiger partial charge is 0.178 e. The molecule has 294 valence electrons. The fourth-order valence-corrected chi connectivity index (χ4v) is 8.57. The molecule has 0 amide bonds. The van der Waals surface area contributed by atoms with E-state index in [1.54, 1.807) is 14.2 Å². The molecule has 0 bridgehead atoms. The number of hydrogen-bond acceptors (Lipinski definition) is 11. The van der Waals surface area contributed by atoms with Crippen LogP contribution in [0, 0.1) is 13.8 Å². The number of aryl methyl sites for hydroxylation is 2. The highest BCUT2D eigenvalue weighted by Gasteiger charge is 2.46. The Hall–Kier alpha value is -6.10. The Morgan fingerprint density at radius 2 is 1.14 bits per heavy atom. The molecule has 0 fully saturated rings. The first-order chi connectivity index (χ1) is 27.3. The van der Waals surface area contributed by atoms with Gasteiger partial charge in [-0.05, 0) is 126 Å². The van der Waals surface area contributed by atoms with E-state index in [9.17, 15) is 10.0 Å². The van der Waals surface area contributed by atoms with Gasteiger partial charge >= 0.3 is 0 Å². The van der Waals surface area contributed by atoms with E-state index in [1.807, 2.05) is 114 Å². The third kappa shape index (κ3) is 6.02. The Morgan fingerprint density at radius 3 is 1.65 bits per heavy atom. The fraction of sp³-hybridized carbons (Fsp3) is 0.348. The molecule has 0 saturated carbocycles. The van der Waals surface area contributed by atoms with E-state index in [0.29, 0.717) is 36.0 Å². The Bertz CT molecular complexity index is 2440. The van der Waals surface area contributed by atoms with Gasteiger partial charge in [0, 0.05) is 16.7 Å². The summed E-state index contributed by atoms with van der Waals surface area (Å²) in [5.74, 6) is 5.10. The minimum atomic E-state index is -0.409. The fourth-order valence-electron chi connectivity index (χ4n) is 8.57. The topological polar surface area (TPSA) is 124 Å². The van der Waals surface area contributed by atoms with Gasteiger partial charge in [0.15, 0.2) is 5.78 Å². The van der Waals surface area contributed by atoms with Crippen molar-refractivity contribution in [1.29, 1.82) is 0 Å². The van der Waals surface area contributed by atoms with E-state index in [4.69, 9.17) is 37.9 Å². The lowest BCUT2D eigenvalue weighted by atomic mass is 9.80. The van der Waals surface area contributed by atoms with Crippen molar-refractivity contribution in [3.05, 3.63) is 105 Å². The second-order valence-electron chi connectivity index (χ2n) is 16.2. The molecule has 0 aliphatic carbocycles. The largest absolute Gasteiger partial charge is 0.496 e. The molecular formula is C46H45NO10. The van der Waals surface area contributed by atoms with Crippen LogP contribution in [0.1, 0.15) is 88.8 Å². The van der Waals surface area contributed by atoms with Crippen molar-refractivity contribution in [1.82, 2.24) is 0 Å². The van der Waals surface area contributed by atoms with Crippen LogP contribution >= 0.6 is 0 Å². The van der Waals surface area contributed by atoms with Gasteiger partial charge in [0.1, 0.15) is 88.3 Å². The van der Waals surface area contributed by atoms with Gasteiger partial charge in [-0.25, -0.2) is 0 Å². The van der Waals surface area contributed by atoms with Crippen LogP contribution in [-0.4, -0.2) is 67.5 Å². The number of carbonyl (C=O) groups is 1. The highest BCUT2D eigenvalue weighted by atomic mass is 16.6. The van der Waals surface area contributed by atoms with E-state index in [-0.39, 0.29) is 35.1 Å². The molecule has 0 unspecified atom stereocenters. The summed E-state index contributed by atoms with van der Waals surface area (Å²) in [6, 6.07) is 15.2. The number of ketones is 1. The molecule has 0 spiro atoms. The molecule has 11 nitrogen and oxygen atoms in total. The number of oxime groups is 1. The van der Waals surface area contributed by atoms with Crippen molar-refractivity contribution in [2.75, 3.05) is 27.4 Å². The number of fused-ring (bicyclic) bond motifs is 12. The first-order valence-electron chi connectivity index (χ1n) is 19.1. The average molecular weight is 772 g/mol. The van der Waals surface area contributed by atoms with E-state index < -0.39 is 5.92 Å². The minimum absolute atomic E-state index is 0.0442. The standard InChI is InChI=1S/C23H23NO5.C23H22O5/c1-12-9-18-15(10-17(12)26-4)20-19(11-27-18)28-22-13-7-8-23(2,3)29-16(13)6-5-14(22)21(20)24-25;1-12-9-18-15(10-17(12)25-4)20-19(11-26-18)27-22-13-7-8-23(2,3)28-16(13)6-5-14(22)21(20)24/h5-10,19-20,25H,11H2,1-4H3;5-10,19-20H,11H2,1-4H3/b24-21+;/t2*19-,20+/m11/s1. The maximum Gasteiger partial charge on any atom is 0.178 e. The van der Waals surface area contributed by atoms with Gasteiger partial charge < -0.3 is 43.1 Å². The molecule has 4 aromatic carbocycles. The van der Waals surface area contributed by atoms with Crippen molar-refractivity contribution in [2.24, 2.45) is 5.16 Å². The second kappa shape index (κ2) is 13.2. The van der Waals surface area contributed by atoms with E-state index in [2.05, 4.69) is 5.16 Å². The Morgan fingerprint density at radius 1 is 0.667 bits per heavy atom. The Kier molecular flexibility index (Phi) is 8.49.